The van der Waals surface area contributed by atoms with Crippen LogP contribution in [0.25, 0.3) is 54.6 Å². The van der Waals surface area contributed by atoms with Gasteiger partial charge in [-0.1, -0.05) is 109 Å². The average Bonchev–Trinajstić information content (AvgIpc) is 3.15. The van der Waals surface area contributed by atoms with Gasteiger partial charge in [-0.25, -0.2) is 0 Å². The van der Waals surface area contributed by atoms with Gasteiger partial charge in [0.2, 0.25) is 0 Å². The Labute approximate surface area is 214 Å². The molecule has 7 aromatic rings. The van der Waals surface area contributed by atoms with E-state index in [0.29, 0.717) is 0 Å². The molecule has 6 aromatic carbocycles. The Morgan fingerprint density at radius 2 is 0.946 bits per heavy atom. The molecule has 0 fully saturated rings. The van der Waals surface area contributed by atoms with Crippen LogP contribution in [0.3, 0.4) is 0 Å². The molecule has 1 heterocycles. The van der Waals surface area contributed by atoms with E-state index in [1.54, 1.807) is 0 Å². The molecule has 4 heteroatoms. The molecule has 1 aliphatic carbocycles. The van der Waals surface area contributed by atoms with Crippen molar-refractivity contribution in [2.24, 2.45) is 0 Å². The van der Waals surface area contributed by atoms with Gasteiger partial charge in [0.25, 0.3) is 0 Å². The summed E-state index contributed by atoms with van der Waals surface area (Å²) in [5.41, 5.74) is 6.23. The molecular formula is C33H21O3P. The first-order chi connectivity index (χ1) is 18.3. The Kier molecular flexibility index (Phi) is 4.57. The topological polar surface area (TPSA) is 35.5 Å². The summed E-state index contributed by atoms with van der Waals surface area (Å²) in [4.78, 5) is 0. The lowest BCUT2D eigenvalue weighted by molar-refractivity contribution is 0.311. The van der Waals surface area contributed by atoms with E-state index < -0.39 is 8.24 Å². The van der Waals surface area contributed by atoms with Crippen molar-refractivity contribution >= 4 is 51.7 Å². The van der Waals surface area contributed by atoms with E-state index in [1.165, 1.54) is 11.1 Å². The highest BCUT2D eigenvalue weighted by molar-refractivity contribution is 7.31. The van der Waals surface area contributed by atoms with Gasteiger partial charge in [-0.05, 0) is 55.9 Å². The standard InChI is InChI=1S/C33H21O3P/c1-3-11-23-21(9-1)17-19-29-31(23)32-24-12-4-2-10-22(24)18-20-30(32)35-37(34-29)36-33-27-15-7-5-13-25(27)26-14-6-8-16-28(26)33/h1-20,33H. The molecule has 0 radical (unpaired) electrons. The maximum atomic E-state index is 6.74. The van der Waals surface area contributed by atoms with Crippen LogP contribution in [0.4, 0.5) is 0 Å². The molecule has 37 heavy (non-hydrogen) atoms. The lowest BCUT2D eigenvalue weighted by Gasteiger charge is -2.12. The monoisotopic (exact) mass is 496 g/mol. The number of hydrogen-bond donors (Lipinski definition) is 0. The molecule has 0 atom stereocenters. The number of hydrogen-bond acceptors (Lipinski definition) is 3. The molecule has 1 aliphatic rings. The van der Waals surface area contributed by atoms with E-state index in [0.717, 1.165) is 54.6 Å². The zero-order valence-corrected chi connectivity index (χ0v) is 20.7. The quantitative estimate of drug-likeness (QED) is 0.239. The van der Waals surface area contributed by atoms with Crippen molar-refractivity contribution in [1.29, 1.82) is 0 Å². The van der Waals surface area contributed by atoms with Crippen molar-refractivity contribution < 1.29 is 12.9 Å². The SMILES string of the molecule is c1ccc2c(c1)-c1ccccc1C2Op1oc2ccc3ccccc3c2c2c(ccc3ccccc32)o1. The normalized spacial score (nSPS) is 12.9. The average molecular weight is 497 g/mol. The second-order valence-electron chi connectivity index (χ2n) is 9.39. The molecular weight excluding hydrogens is 475 g/mol. The molecule has 8 rings (SSSR count). The van der Waals surface area contributed by atoms with Gasteiger partial charge in [0, 0.05) is 10.8 Å². The van der Waals surface area contributed by atoms with Gasteiger partial charge in [-0.15, -0.1) is 0 Å². The fourth-order valence-electron chi connectivity index (χ4n) is 5.70. The number of fused-ring (bicyclic) bond motifs is 10. The van der Waals surface area contributed by atoms with Crippen LogP contribution in [0.2, 0.25) is 0 Å². The summed E-state index contributed by atoms with van der Waals surface area (Å²) in [5.74, 6) is 0. The fourth-order valence-corrected chi connectivity index (χ4v) is 6.85. The van der Waals surface area contributed by atoms with Crippen LogP contribution >= 0.6 is 8.24 Å². The largest absolute Gasteiger partial charge is 0.399 e. The van der Waals surface area contributed by atoms with Crippen molar-refractivity contribution in [2.45, 2.75) is 6.10 Å². The third-order valence-electron chi connectivity index (χ3n) is 7.35. The van der Waals surface area contributed by atoms with Gasteiger partial charge < -0.3 is 8.39 Å². The first-order valence-electron chi connectivity index (χ1n) is 12.4. The third kappa shape index (κ3) is 3.18. The van der Waals surface area contributed by atoms with Gasteiger partial charge in [0.05, 0.1) is 0 Å². The Balaban J connectivity index is 1.44. The van der Waals surface area contributed by atoms with Crippen molar-refractivity contribution in [3.8, 4) is 11.1 Å². The van der Waals surface area contributed by atoms with Crippen molar-refractivity contribution in [2.75, 3.05) is 0 Å². The van der Waals surface area contributed by atoms with Gasteiger partial charge in [0.15, 0.2) is 0 Å². The highest BCUT2D eigenvalue weighted by Gasteiger charge is 2.30. The minimum Gasteiger partial charge on any atom is -0.399 e. The van der Waals surface area contributed by atoms with E-state index in [2.05, 4.69) is 109 Å². The summed E-state index contributed by atoms with van der Waals surface area (Å²) in [6.45, 7) is 0. The first kappa shape index (κ1) is 20.8. The maximum Gasteiger partial charge on any atom is 0.388 e. The zero-order valence-electron chi connectivity index (χ0n) is 19.8. The molecule has 176 valence electrons. The van der Waals surface area contributed by atoms with E-state index in [-0.39, 0.29) is 6.10 Å². The first-order valence-corrected chi connectivity index (χ1v) is 13.5. The highest BCUT2D eigenvalue weighted by atomic mass is 31.1. The van der Waals surface area contributed by atoms with Crippen LogP contribution in [0.15, 0.2) is 130 Å². The molecule has 0 saturated carbocycles. The minimum absolute atomic E-state index is 0.260. The van der Waals surface area contributed by atoms with Gasteiger partial charge in [-0.3, -0.25) is 4.52 Å². The maximum absolute atomic E-state index is 6.74. The minimum atomic E-state index is -1.74. The van der Waals surface area contributed by atoms with Crippen LogP contribution in [0, 0.1) is 0 Å². The molecule has 0 amide bonds. The van der Waals surface area contributed by atoms with Gasteiger partial charge in [0.1, 0.15) is 17.3 Å². The lowest BCUT2D eigenvalue weighted by atomic mass is 9.99. The van der Waals surface area contributed by atoms with Crippen molar-refractivity contribution in [1.82, 2.24) is 0 Å². The molecule has 0 N–H and O–H groups in total. The summed E-state index contributed by atoms with van der Waals surface area (Å²) in [6, 6.07) is 42.0. The molecule has 0 spiro atoms. The van der Waals surface area contributed by atoms with Crippen LogP contribution in [0.1, 0.15) is 17.2 Å². The summed E-state index contributed by atoms with van der Waals surface area (Å²) in [6.07, 6.45) is -0.260. The van der Waals surface area contributed by atoms with E-state index in [9.17, 15) is 0 Å². The lowest BCUT2D eigenvalue weighted by Crippen LogP contribution is -2.03. The fraction of sp³-hybridized carbons (Fsp3) is 0.0303. The molecule has 0 saturated heterocycles. The second kappa shape index (κ2) is 8.11. The number of rotatable bonds is 2. The molecule has 0 aliphatic heterocycles. The second-order valence-corrected chi connectivity index (χ2v) is 10.4. The summed E-state index contributed by atoms with van der Waals surface area (Å²) in [5, 5.41) is 6.68. The Bertz CT molecular complexity index is 1900. The van der Waals surface area contributed by atoms with E-state index in [1.807, 2.05) is 12.1 Å². The third-order valence-corrected chi connectivity index (χ3v) is 8.42. The van der Waals surface area contributed by atoms with E-state index in [4.69, 9.17) is 12.9 Å². The van der Waals surface area contributed by atoms with Crippen molar-refractivity contribution in [3.63, 3.8) is 0 Å². The van der Waals surface area contributed by atoms with Crippen LogP contribution in [0.5, 0.6) is 0 Å². The zero-order chi connectivity index (χ0) is 24.3. The Morgan fingerprint density at radius 3 is 1.49 bits per heavy atom. The van der Waals surface area contributed by atoms with Gasteiger partial charge in [-0.2, -0.15) is 0 Å². The highest BCUT2D eigenvalue weighted by Crippen LogP contribution is 2.48. The summed E-state index contributed by atoms with van der Waals surface area (Å²) < 4.78 is 20.0. The molecule has 3 nitrogen and oxygen atoms in total. The van der Waals surface area contributed by atoms with Crippen molar-refractivity contribution in [3.05, 3.63) is 132 Å². The van der Waals surface area contributed by atoms with Crippen LogP contribution in [-0.4, -0.2) is 0 Å². The Morgan fingerprint density at radius 1 is 0.486 bits per heavy atom. The van der Waals surface area contributed by atoms with Crippen LogP contribution in [-0.2, 0) is 0 Å². The predicted molar refractivity (Wildman–Crippen MR) is 152 cm³/mol. The Hall–Kier alpha value is -4.30. The van der Waals surface area contributed by atoms with Gasteiger partial charge >= 0.3 is 8.24 Å². The number of benzene rings is 6. The summed E-state index contributed by atoms with van der Waals surface area (Å²) in [7, 11) is -1.74. The summed E-state index contributed by atoms with van der Waals surface area (Å²) >= 11 is 0. The molecule has 0 unspecified atom stereocenters. The smallest absolute Gasteiger partial charge is 0.388 e. The predicted octanol–water partition coefficient (Wildman–Crippen LogP) is 9.79. The van der Waals surface area contributed by atoms with Crippen LogP contribution < -0.4 is 4.52 Å². The molecule has 0 bridgehead atoms. The van der Waals surface area contributed by atoms with E-state index >= 15 is 0 Å². The molecule has 1 aromatic heterocycles.